The Balaban J connectivity index is 1.50. The maximum absolute atomic E-state index is 5.99. The lowest BCUT2D eigenvalue weighted by Crippen LogP contribution is -2.39. The van der Waals surface area contributed by atoms with E-state index in [4.69, 9.17) is 4.74 Å². The summed E-state index contributed by atoms with van der Waals surface area (Å²) in [4.78, 5) is 0. The number of ether oxygens (including phenoxy) is 1. The van der Waals surface area contributed by atoms with Crippen molar-refractivity contribution in [1.82, 2.24) is 5.32 Å². The Labute approximate surface area is 124 Å². The topological polar surface area (TPSA) is 21.3 Å². The van der Waals surface area contributed by atoms with Crippen molar-refractivity contribution in [3.05, 3.63) is 28.2 Å². The maximum atomic E-state index is 5.99. The highest BCUT2D eigenvalue weighted by Gasteiger charge is 2.25. The van der Waals surface area contributed by atoms with Gasteiger partial charge in [0.1, 0.15) is 11.9 Å². The van der Waals surface area contributed by atoms with Crippen LogP contribution >= 0.6 is 15.9 Å². The number of benzene rings is 1. The van der Waals surface area contributed by atoms with Crippen LogP contribution in [-0.2, 0) is 6.42 Å². The first-order valence-corrected chi connectivity index (χ1v) is 8.20. The molecule has 0 amide bonds. The molecule has 0 saturated heterocycles. The second-order valence-corrected chi connectivity index (χ2v) is 6.85. The molecule has 0 radical (unpaired) electrons. The summed E-state index contributed by atoms with van der Waals surface area (Å²) in [6.07, 6.45) is 6.94. The quantitative estimate of drug-likeness (QED) is 0.906. The van der Waals surface area contributed by atoms with Crippen molar-refractivity contribution in [3.8, 4) is 5.75 Å². The normalized spacial score (nSPS) is 24.2. The van der Waals surface area contributed by atoms with E-state index in [1.165, 1.54) is 31.2 Å². The van der Waals surface area contributed by atoms with Gasteiger partial charge < -0.3 is 10.1 Å². The Kier molecular flexibility index (Phi) is 4.13. The number of fused-ring (bicyclic) bond motifs is 1. The summed E-state index contributed by atoms with van der Waals surface area (Å²) in [6, 6.07) is 6.92. The van der Waals surface area contributed by atoms with Crippen molar-refractivity contribution < 1.29 is 4.74 Å². The molecule has 2 aliphatic rings. The van der Waals surface area contributed by atoms with Crippen LogP contribution < -0.4 is 10.1 Å². The van der Waals surface area contributed by atoms with Gasteiger partial charge in [0.05, 0.1) is 0 Å². The van der Waals surface area contributed by atoms with Gasteiger partial charge in [-0.05, 0) is 49.4 Å². The Morgan fingerprint density at radius 1 is 1.37 bits per heavy atom. The van der Waals surface area contributed by atoms with Gasteiger partial charge in [0.15, 0.2) is 0 Å². The van der Waals surface area contributed by atoms with Crippen molar-refractivity contribution in [2.75, 3.05) is 6.54 Å². The van der Waals surface area contributed by atoms with Crippen LogP contribution in [0, 0.1) is 5.92 Å². The minimum Gasteiger partial charge on any atom is -0.488 e. The fourth-order valence-corrected chi connectivity index (χ4v) is 3.75. The van der Waals surface area contributed by atoms with E-state index >= 15 is 0 Å². The fraction of sp³-hybridized carbons (Fsp3) is 0.625. The highest BCUT2D eigenvalue weighted by atomic mass is 79.9. The summed E-state index contributed by atoms with van der Waals surface area (Å²) in [5, 5.41) is 3.68. The number of hydrogen-bond acceptors (Lipinski definition) is 2. The lowest BCUT2D eigenvalue weighted by Gasteiger charge is -2.22. The predicted molar refractivity (Wildman–Crippen MR) is 81.7 cm³/mol. The van der Waals surface area contributed by atoms with Crippen LogP contribution in [0.15, 0.2) is 22.7 Å². The van der Waals surface area contributed by atoms with E-state index in [0.717, 1.165) is 29.1 Å². The first-order valence-electron chi connectivity index (χ1n) is 7.41. The van der Waals surface area contributed by atoms with E-state index in [-0.39, 0.29) is 0 Å². The van der Waals surface area contributed by atoms with E-state index in [1.807, 2.05) is 0 Å². The van der Waals surface area contributed by atoms with E-state index in [0.29, 0.717) is 12.1 Å². The molecule has 3 rings (SSSR count). The Morgan fingerprint density at radius 3 is 2.95 bits per heavy atom. The molecule has 0 spiro atoms. The first kappa shape index (κ1) is 13.4. The molecule has 0 bridgehead atoms. The number of rotatable bonds is 4. The first-order chi connectivity index (χ1) is 9.22. The molecule has 1 aliphatic heterocycles. The van der Waals surface area contributed by atoms with Gasteiger partial charge >= 0.3 is 0 Å². The fourth-order valence-electron chi connectivity index (χ4n) is 3.34. The molecule has 104 valence electrons. The van der Waals surface area contributed by atoms with Gasteiger partial charge in [-0.1, -0.05) is 28.8 Å². The van der Waals surface area contributed by atoms with E-state index in [2.05, 4.69) is 46.4 Å². The Bertz CT molecular complexity index is 442. The lowest BCUT2D eigenvalue weighted by molar-refractivity contribution is 0.214. The van der Waals surface area contributed by atoms with Gasteiger partial charge in [-0.2, -0.15) is 0 Å². The molecule has 1 aliphatic carbocycles. The van der Waals surface area contributed by atoms with Crippen LogP contribution in [0.4, 0.5) is 0 Å². The van der Waals surface area contributed by atoms with Crippen LogP contribution in [0.2, 0.25) is 0 Å². The third-order valence-electron chi connectivity index (χ3n) is 4.54. The highest BCUT2D eigenvalue weighted by Crippen LogP contribution is 2.31. The smallest absolute Gasteiger partial charge is 0.123 e. The predicted octanol–water partition coefficient (Wildman–Crippen LogP) is 3.92. The maximum Gasteiger partial charge on any atom is 0.123 e. The van der Waals surface area contributed by atoms with Crippen molar-refractivity contribution in [1.29, 1.82) is 0 Å². The monoisotopic (exact) mass is 323 g/mol. The van der Waals surface area contributed by atoms with Crippen LogP contribution in [0.1, 0.15) is 38.2 Å². The van der Waals surface area contributed by atoms with Crippen LogP contribution in [0.5, 0.6) is 5.75 Å². The lowest BCUT2D eigenvalue weighted by atomic mass is 9.99. The standard InChI is InChI=1S/C16H22BrNO/c1-11(12-4-2-3-5-12)18-10-15-9-13-8-14(17)6-7-16(13)19-15/h6-8,11-12,15,18H,2-5,9-10H2,1H3/t11-,15?/m0/s1. The molecule has 1 heterocycles. The number of halogens is 1. The van der Waals surface area contributed by atoms with Gasteiger partial charge in [0.25, 0.3) is 0 Å². The van der Waals surface area contributed by atoms with Gasteiger partial charge in [-0.15, -0.1) is 0 Å². The number of nitrogens with one attached hydrogen (secondary N) is 1. The van der Waals surface area contributed by atoms with Gasteiger partial charge in [-0.25, -0.2) is 0 Å². The SMILES string of the molecule is C[C@H](NCC1Cc2cc(Br)ccc2O1)C1CCCC1. The van der Waals surface area contributed by atoms with Gasteiger partial charge in [-0.3, -0.25) is 0 Å². The molecule has 0 aromatic heterocycles. The molecule has 1 unspecified atom stereocenters. The van der Waals surface area contributed by atoms with Gasteiger partial charge in [0, 0.05) is 23.5 Å². The largest absolute Gasteiger partial charge is 0.488 e. The molecular formula is C16H22BrNO. The zero-order chi connectivity index (χ0) is 13.2. The van der Waals surface area contributed by atoms with Crippen LogP contribution in [0.25, 0.3) is 0 Å². The molecule has 1 saturated carbocycles. The summed E-state index contributed by atoms with van der Waals surface area (Å²) in [5.74, 6) is 1.93. The molecule has 19 heavy (non-hydrogen) atoms. The van der Waals surface area contributed by atoms with Crippen LogP contribution in [-0.4, -0.2) is 18.7 Å². The molecular weight excluding hydrogens is 302 g/mol. The molecule has 2 atom stereocenters. The average Bonchev–Trinajstić information content (AvgIpc) is 3.04. The van der Waals surface area contributed by atoms with Gasteiger partial charge in [0.2, 0.25) is 0 Å². The second kappa shape index (κ2) is 5.84. The van der Waals surface area contributed by atoms with Crippen LogP contribution in [0.3, 0.4) is 0 Å². The molecule has 2 nitrogen and oxygen atoms in total. The van der Waals surface area contributed by atoms with Crippen molar-refractivity contribution >= 4 is 15.9 Å². The highest BCUT2D eigenvalue weighted by molar-refractivity contribution is 9.10. The summed E-state index contributed by atoms with van der Waals surface area (Å²) < 4.78 is 7.13. The second-order valence-electron chi connectivity index (χ2n) is 5.94. The summed E-state index contributed by atoms with van der Waals surface area (Å²) >= 11 is 3.52. The number of hydrogen-bond donors (Lipinski definition) is 1. The minimum atomic E-state index is 0.299. The molecule has 1 aromatic carbocycles. The third-order valence-corrected chi connectivity index (χ3v) is 5.03. The zero-order valence-corrected chi connectivity index (χ0v) is 13.1. The molecule has 1 N–H and O–H groups in total. The summed E-state index contributed by atoms with van der Waals surface area (Å²) in [5.41, 5.74) is 1.33. The van der Waals surface area contributed by atoms with Crippen molar-refractivity contribution in [3.63, 3.8) is 0 Å². The molecule has 3 heteroatoms. The van der Waals surface area contributed by atoms with Crippen molar-refractivity contribution in [2.45, 2.75) is 51.2 Å². The summed E-state index contributed by atoms with van der Waals surface area (Å²) in [6.45, 7) is 3.29. The third kappa shape index (κ3) is 3.14. The average molecular weight is 324 g/mol. The summed E-state index contributed by atoms with van der Waals surface area (Å²) in [7, 11) is 0. The molecule has 1 fully saturated rings. The molecule has 1 aromatic rings. The zero-order valence-electron chi connectivity index (χ0n) is 11.5. The van der Waals surface area contributed by atoms with E-state index in [9.17, 15) is 0 Å². The Morgan fingerprint density at radius 2 is 2.16 bits per heavy atom. The van der Waals surface area contributed by atoms with E-state index in [1.54, 1.807) is 0 Å². The van der Waals surface area contributed by atoms with Crippen molar-refractivity contribution in [2.24, 2.45) is 5.92 Å². The van der Waals surface area contributed by atoms with E-state index < -0.39 is 0 Å². The minimum absolute atomic E-state index is 0.299. The Hall–Kier alpha value is -0.540.